The summed E-state index contributed by atoms with van der Waals surface area (Å²) in [5.41, 5.74) is 17.0. The fourth-order valence-corrected chi connectivity index (χ4v) is 12.7. The first-order chi connectivity index (χ1) is 47.1. The van der Waals surface area contributed by atoms with Gasteiger partial charge in [-0.1, -0.05) is 115 Å². The minimum Gasteiger partial charge on any atom is -0.309 e. The third kappa shape index (κ3) is 10.2. The van der Waals surface area contributed by atoms with Gasteiger partial charge in [0, 0.05) is 66.7 Å². The van der Waals surface area contributed by atoms with Crippen molar-refractivity contribution in [3.63, 3.8) is 0 Å². The van der Waals surface area contributed by atoms with Crippen molar-refractivity contribution >= 4 is 66.4 Å². The molecule has 438 valence electrons. The maximum atomic E-state index is 10.2. The lowest BCUT2D eigenvalue weighted by Crippen LogP contribution is -2.04. The number of fused-ring (bicyclic) bond motifs is 6. The summed E-state index contributed by atoms with van der Waals surface area (Å²) in [7, 11) is 0. The van der Waals surface area contributed by atoms with Crippen LogP contribution in [0.2, 0.25) is 0 Å². The van der Waals surface area contributed by atoms with Crippen LogP contribution in [0.5, 0.6) is 0 Å². The summed E-state index contributed by atoms with van der Waals surface area (Å²) in [4.78, 5) is 35.2. The van der Waals surface area contributed by atoms with E-state index in [4.69, 9.17) is 46.2 Å². The zero-order chi connectivity index (χ0) is 65.6. The van der Waals surface area contributed by atoms with E-state index < -0.39 is 0 Å². The lowest BCUT2D eigenvalue weighted by Gasteiger charge is -2.19. The Morgan fingerprint density at radius 1 is 0.292 bits per heavy atom. The predicted molar refractivity (Wildman–Crippen MR) is 374 cm³/mol. The molecule has 14 heteroatoms. The third-order valence-electron chi connectivity index (χ3n) is 17.1. The van der Waals surface area contributed by atoms with Crippen LogP contribution in [0, 0.1) is 71.6 Å². The summed E-state index contributed by atoms with van der Waals surface area (Å²) in [5.74, 6) is 1.38. The van der Waals surface area contributed by atoms with E-state index in [0.717, 1.165) is 93.8 Å². The second kappa shape index (κ2) is 23.8. The highest BCUT2D eigenvalue weighted by atomic mass is 15.0. The van der Waals surface area contributed by atoms with E-state index in [-0.39, 0.29) is 0 Å². The van der Waals surface area contributed by atoms with Gasteiger partial charge in [0.05, 0.1) is 101 Å². The van der Waals surface area contributed by atoms with Crippen molar-refractivity contribution in [2.45, 2.75) is 0 Å². The van der Waals surface area contributed by atoms with Gasteiger partial charge in [0.1, 0.15) is 0 Å². The van der Waals surface area contributed by atoms with Gasteiger partial charge in [0.2, 0.25) is 0 Å². The van der Waals surface area contributed by atoms with Gasteiger partial charge in [0.15, 0.2) is 40.2 Å². The van der Waals surface area contributed by atoms with Crippen LogP contribution in [0.15, 0.2) is 243 Å². The number of nitriles is 4. The second-order valence-electron chi connectivity index (χ2n) is 22.7. The number of pyridine rings is 1. The van der Waals surface area contributed by atoms with Crippen molar-refractivity contribution in [3.05, 3.63) is 311 Å². The Kier molecular flexibility index (Phi) is 14.3. The molecule has 0 aliphatic rings. The van der Waals surface area contributed by atoms with E-state index in [9.17, 15) is 21.0 Å². The first kappa shape index (κ1) is 57.5. The Bertz CT molecular complexity index is 5750. The monoisotopic (exact) mass is 1220 g/mol. The normalized spacial score (nSPS) is 10.8. The fourth-order valence-electron chi connectivity index (χ4n) is 12.7. The highest BCUT2D eigenvalue weighted by Crippen LogP contribution is 2.46. The quantitative estimate of drug-likeness (QED) is 0.122. The van der Waals surface area contributed by atoms with E-state index in [2.05, 4.69) is 95.3 Å². The van der Waals surface area contributed by atoms with E-state index >= 15 is 0 Å². The van der Waals surface area contributed by atoms with Gasteiger partial charge < -0.3 is 9.13 Å². The average Bonchev–Trinajstić information content (AvgIpc) is 1.56. The van der Waals surface area contributed by atoms with Gasteiger partial charge in [-0.3, -0.25) is 4.98 Å². The van der Waals surface area contributed by atoms with Crippen LogP contribution in [-0.2, 0) is 0 Å². The smallest absolute Gasteiger partial charge is 0.189 e. The summed E-state index contributed by atoms with van der Waals surface area (Å²) in [6.45, 7) is 31.8. The molecule has 4 heterocycles. The molecule has 15 rings (SSSR count). The topological polar surface area (TPSA) is 174 Å². The van der Waals surface area contributed by atoms with Crippen molar-refractivity contribution in [1.82, 2.24) is 29.1 Å². The zero-order valence-corrected chi connectivity index (χ0v) is 50.4. The molecule has 0 bridgehead atoms. The minimum atomic E-state index is 0.326. The number of nitrogens with zero attached hydrogens (tertiary/aromatic N) is 14. The lowest BCUT2D eigenvalue weighted by atomic mass is 9.97. The van der Waals surface area contributed by atoms with E-state index in [1.807, 2.05) is 121 Å². The van der Waals surface area contributed by atoms with Crippen LogP contribution >= 0.6 is 0 Å². The molecule has 15 aromatic rings. The van der Waals surface area contributed by atoms with Crippen LogP contribution in [0.1, 0.15) is 22.3 Å². The number of aromatic nitrogens is 6. The van der Waals surface area contributed by atoms with Gasteiger partial charge in [0.25, 0.3) is 0 Å². The summed E-state index contributed by atoms with van der Waals surface area (Å²) in [6.07, 6.45) is 3.61. The summed E-state index contributed by atoms with van der Waals surface area (Å²) >= 11 is 0. The first-order valence-corrected chi connectivity index (χ1v) is 30.0. The summed E-state index contributed by atoms with van der Waals surface area (Å²) in [6, 6.07) is 81.5. The van der Waals surface area contributed by atoms with Crippen molar-refractivity contribution < 1.29 is 0 Å². The molecule has 0 saturated carbocycles. The molecule has 0 unspecified atom stereocenters. The van der Waals surface area contributed by atoms with Crippen molar-refractivity contribution in [2.24, 2.45) is 0 Å². The van der Waals surface area contributed by atoms with Crippen molar-refractivity contribution in [2.75, 3.05) is 0 Å². The fraction of sp³-hybridized carbons (Fsp3) is 0. The molecule has 96 heavy (non-hydrogen) atoms. The van der Waals surface area contributed by atoms with Gasteiger partial charge in [-0.05, 0) is 160 Å². The zero-order valence-electron chi connectivity index (χ0n) is 50.4. The molecule has 0 spiro atoms. The summed E-state index contributed by atoms with van der Waals surface area (Å²) < 4.78 is 4.40. The number of hydrogen-bond acceptors (Lipinski definition) is 8. The highest BCUT2D eigenvalue weighted by Gasteiger charge is 2.25. The van der Waals surface area contributed by atoms with Crippen LogP contribution < -0.4 is 0 Å². The van der Waals surface area contributed by atoms with Crippen LogP contribution in [0.25, 0.3) is 164 Å². The molecule has 0 atom stereocenters. The molecule has 14 nitrogen and oxygen atoms in total. The molecule has 0 radical (unpaired) electrons. The first-order valence-electron chi connectivity index (χ1n) is 30.0. The van der Waals surface area contributed by atoms with E-state index in [0.29, 0.717) is 96.0 Å². The number of benzene rings is 11. The SMILES string of the molecule is [C-]#[N+]c1cc(C#N)cc(-c2ccc3c(c2)c2cc(-c4cc(C#N)cc(C#N)c4)ccc2n3-c2cnccc2-c2ccc(-c3nc(-c4ccccc4)nc(-c4ccccc4)n3)cc2-n2c3ccc(-c4cc(C#N)cc([N+]#[C-])c4)cc3c3cc(-c4cc([N+]#[C-])cc([N+]#[C-])c4)ccc32)c1. The summed E-state index contributed by atoms with van der Waals surface area (Å²) in [5, 5.41) is 43.8. The van der Waals surface area contributed by atoms with Crippen molar-refractivity contribution in [1.29, 1.82) is 21.0 Å². The van der Waals surface area contributed by atoms with Gasteiger partial charge in [-0.15, -0.1) is 0 Å². The van der Waals surface area contributed by atoms with E-state index in [1.54, 1.807) is 79.0 Å². The van der Waals surface area contributed by atoms with Gasteiger partial charge >= 0.3 is 0 Å². The van der Waals surface area contributed by atoms with Gasteiger partial charge in [-0.25, -0.2) is 34.3 Å². The largest absolute Gasteiger partial charge is 0.309 e. The molecule has 0 saturated heterocycles. The van der Waals surface area contributed by atoms with E-state index in [1.165, 1.54) is 0 Å². The lowest BCUT2D eigenvalue weighted by molar-refractivity contribution is 1.07. The van der Waals surface area contributed by atoms with Crippen LogP contribution in [0.4, 0.5) is 22.7 Å². The minimum absolute atomic E-state index is 0.326. The molecule has 0 amide bonds. The molecule has 0 aliphatic heterocycles. The van der Waals surface area contributed by atoms with Crippen LogP contribution in [-0.4, -0.2) is 29.1 Å². The van der Waals surface area contributed by atoms with Crippen LogP contribution in [0.3, 0.4) is 0 Å². The molecular formula is C82H40N14. The molecule has 11 aromatic carbocycles. The highest BCUT2D eigenvalue weighted by molar-refractivity contribution is 6.14. The number of rotatable bonds is 10. The Morgan fingerprint density at radius 3 is 1.04 bits per heavy atom. The predicted octanol–water partition coefficient (Wildman–Crippen LogP) is 20.5. The second-order valence-corrected chi connectivity index (χ2v) is 22.7. The maximum absolute atomic E-state index is 10.2. The standard InChI is InChI=1S/C82H40N14/c1-87-64-32-51(46-85)30-61(34-64)56-17-21-74-70(39-56)71-41-58(63-36-66(89-3)43-67(37-63)90-4)19-22-75(71)95(74)78-42-59(82-93-80(53-11-7-5-8-12-53)92-81(94-82)54-13-9-6-10-14-54)15-20-68(78)69-25-26-91-48-79(69)96-76-23-16-55(60-28-49(44-83)27-50(29-60)45-84)38-72(76)73-40-57(18-24-77(73)96)62-31-52(47-86)33-65(35-62)88-2/h5-43,48H. The Morgan fingerprint density at radius 2 is 0.635 bits per heavy atom. The maximum Gasteiger partial charge on any atom is 0.189 e. The number of hydrogen-bond donors (Lipinski definition) is 0. The molecular weight excluding hydrogens is 1180 g/mol. The molecule has 4 aromatic heterocycles. The van der Waals surface area contributed by atoms with Crippen molar-refractivity contribution in [3.8, 4) is 125 Å². The third-order valence-corrected chi connectivity index (χ3v) is 17.1. The molecule has 0 aliphatic carbocycles. The molecule has 0 fully saturated rings. The van der Waals surface area contributed by atoms with Gasteiger partial charge in [-0.2, -0.15) is 21.0 Å². The molecule has 0 N–H and O–H groups in total. The average molecular weight is 1220 g/mol. The Hall–Kier alpha value is -14.9. The Balaban J connectivity index is 1.03. The Labute approximate surface area is 549 Å².